The van der Waals surface area contributed by atoms with Gasteiger partial charge in [-0.1, -0.05) is 13.2 Å². The molecular formula is C35H52N8O6. The average Bonchev–Trinajstić information content (AvgIpc) is 3.05. The molecule has 2 aromatic carbocycles. The van der Waals surface area contributed by atoms with Gasteiger partial charge in [-0.3, -0.25) is 14.9 Å². The van der Waals surface area contributed by atoms with Gasteiger partial charge in [-0.2, -0.15) is 0 Å². The number of carbonyl (C=O) groups excluding carboxylic acids is 3. The largest absolute Gasteiger partial charge is 0.495 e. The van der Waals surface area contributed by atoms with Gasteiger partial charge in [0.25, 0.3) is 0 Å². The Balaban J connectivity index is 0.000000276. The molecule has 14 heteroatoms. The van der Waals surface area contributed by atoms with Crippen LogP contribution in [-0.4, -0.2) is 114 Å². The van der Waals surface area contributed by atoms with Gasteiger partial charge in [0.05, 0.1) is 48.3 Å². The summed E-state index contributed by atoms with van der Waals surface area (Å²) in [6.45, 7) is 19.5. The van der Waals surface area contributed by atoms with E-state index < -0.39 is 11.7 Å². The van der Waals surface area contributed by atoms with E-state index in [9.17, 15) is 14.4 Å². The summed E-state index contributed by atoms with van der Waals surface area (Å²) >= 11 is 0. The number of likely N-dealkylation sites (N-methyl/N-ethyl adjacent to an activating group) is 2. The van der Waals surface area contributed by atoms with Crippen LogP contribution in [0.5, 0.6) is 11.5 Å². The molecule has 0 aromatic heterocycles. The molecule has 5 N–H and O–H groups in total. The first-order chi connectivity index (χ1) is 23.2. The molecule has 0 aliphatic carbocycles. The first-order valence-electron chi connectivity index (χ1n) is 16.1. The number of piperazine rings is 2. The van der Waals surface area contributed by atoms with E-state index in [0.29, 0.717) is 34.2 Å². The summed E-state index contributed by atoms with van der Waals surface area (Å²) in [5, 5.41) is 8.33. The number of nitrogens with zero attached hydrogens (tertiary/aromatic N) is 4. The van der Waals surface area contributed by atoms with Crippen molar-refractivity contribution in [2.24, 2.45) is 0 Å². The summed E-state index contributed by atoms with van der Waals surface area (Å²) in [6.07, 6.45) is 1.85. The molecule has 2 fully saturated rings. The maximum Gasteiger partial charge on any atom is 0.412 e. The number of hydrogen-bond donors (Lipinski definition) is 4. The molecule has 2 aliphatic rings. The number of hydrogen-bond acceptors (Lipinski definition) is 11. The van der Waals surface area contributed by atoms with Crippen LogP contribution < -0.4 is 41.0 Å². The molecule has 0 saturated carbocycles. The van der Waals surface area contributed by atoms with Gasteiger partial charge >= 0.3 is 6.09 Å². The van der Waals surface area contributed by atoms with E-state index in [1.165, 1.54) is 19.3 Å². The van der Waals surface area contributed by atoms with Crippen LogP contribution in [0.1, 0.15) is 20.8 Å². The second kappa shape index (κ2) is 17.4. The zero-order chi connectivity index (χ0) is 36.3. The summed E-state index contributed by atoms with van der Waals surface area (Å²) in [4.78, 5) is 44.7. The highest BCUT2D eigenvalue weighted by atomic mass is 16.6. The second-order valence-electron chi connectivity index (χ2n) is 12.8. The minimum absolute atomic E-state index is 0.255. The number of nitrogen functional groups attached to an aromatic ring is 1. The van der Waals surface area contributed by atoms with Crippen LogP contribution >= 0.6 is 0 Å². The quantitative estimate of drug-likeness (QED) is 0.224. The van der Waals surface area contributed by atoms with Crippen molar-refractivity contribution < 1.29 is 28.6 Å². The summed E-state index contributed by atoms with van der Waals surface area (Å²) in [7, 11) is 7.29. The molecule has 0 unspecified atom stereocenters. The summed E-state index contributed by atoms with van der Waals surface area (Å²) in [5.41, 5.74) is 9.22. The monoisotopic (exact) mass is 680 g/mol. The smallest absolute Gasteiger partial charge is 0.412 e. The van der Waals surface area contributed by atoms with E-state index >= 15 is 0 Å². The lowest BCUT2D eigenvalue weighted by Gasteiger charge is -2.35. The Labute approximate surface area is 289 Å². The molecular weight excluding hydrogens is 628 g/mol. The predicted molar refractivity (Wildman–Crippen MR) is 197 cm³/mol. The minimum atomic E-state index is -0.628. The second-order valence-corrected chi connectivity index (χ2v) is 12.8. The molecule has 2 aromatic rings. The zero-order valence-electron chi connectivity index (χ0n) is 29.9. The number of nitrogens with one attached hydrogen (secondary N) is 3. The van der Waals surface area contributed by atoms with Crippen molar-refractivity contribution in [3.8, 4) is 11.5 Å². The van der Waals surface area contributed by atoms with Gasteiger partial charge in [0, 0.05) is 64.5 Å². The van der Waals surface area contributed by atoms with Crippen LogP contribution in [0.4, 0.5) is 38.9 Å². The molecule has 49 heavy (non-hydrogen) atoms. The van der Waals surface area contributed by atoms with E-state index in [4.69, 9.17) is 19.9 Å². The van der Waals surface area contributed by atoms with Crippen molar-refractivity contribution in [2.45, 2.75) is 26.4 Å². The van der Waals surface area contributed by atoms with E-state index in [1.54, 1.807) is 40.0 Å². The fourth-order valence-electron chi connectivity index (χ4n) is 5.20. The summed E-state index contributed by atoms with van der Waals surface area (Å²) in [5.74, 6) is 0.510. The van der Waals surface area contributed by atoms with Crippen molar-refractivity contribution >= 4 is 52.0 Å². The lowest BCUT2D eigenvalue weighted by molar-refractivity contribution is -0.112. The molecule has 0 spiro atoms. The van der Waals surface area contributed by atoms with Crippen molar-refractivity contribution in [2.75, 3.05) is 112 Å². The SMILES string of the molecule is C=CC(=O)Nc1cc(N)c(OC)cc1N1CCN(C)CC1.C=CC(=O)Nc1cc(NC(=O)OC(C)(C)C)c(OC)cc1N1CCN(C)CC1. The van der Waals surface area contributed by atoms with Gasteiger partial charge in [-0.25, -0.2) is 4.79 Å². The Morgan fingerprint density at radius 1 is 0.694 bits per heavy atom. The average molecular weight is 681 g/mol. The lowest BCUT2D eigenvalue weighted by atomic mass is 10.1. The molecule has 3 amide bonds. The number of benzene rings is 2. The number of amides is 3. The molecule has 2 aliphatic heterocycles. The normalized spacial score (nSPS) is 15.2. The molecule has 2 heterocycles. The number of anilines is 6. The van der Waals surface area contributed by atoms with E-state index in [-0.39, 0.29) is 11.8 Å². The fraction of sp³-hybridized carbons (Fsp3) is 0.457. The predicted octanol–water partition coefficient (Wildman–Crippen LogP) is 4.07. The Bertz CT molecular complexity index is 1490. The maximum atomic E-state index is 12.2. The third-order valence-electron chi connectivity index (χ3n) is 7.88. The number of nitrogens with two attached hydrogens (primary N) is 1. The molecule has 0 atom stereocenters. The molecule has 14 nitrogen and oxygen atoms in total. The highest BCUT2D eigenvalue weighted by Gasteiger charge is 2.23. The third kappa shape index (κ3) is 11.3. The fourth-order valence-corrected chi connectivity index (χ4v) is 5.20. The zero-order valence-corrected chi connectivity index (χ0v) is 29.9. The highest BCUT2D eigenvalue weighted by Crippen LogP contribution is 2.38. The van der Waals surface area contributed by atoms with Crippen LogP contribution in [0.25, 0.3) is 0 Å². The molecule has 0 bridgehead atoms. The Kier molecular flexibility index (Phi) is 13.7. The lowest BCUT2D eigenvalue weighted by Crippen LogP contribution is -2.44. The Hall–Kier alpha value is -4.95. The first kappa shape index (κ1) is 38.5. The van der Waals surface area contributed by atoms with Crippen LogP contribution in [0.3, 0.4) is 0 Å². The molecule has 0 radical (unpaired) electrons. The Morgan fingerprint density at radius 2 is 1.12 bits per heavy atom. The highest BCUT2D eigenvalue weighted by molar-refractivity contribution is 6.03. The maximum absolute atomic E-state index is 12.2. The van der Waals surface area contributed by atoms with E-state index in [2.05, 4.69) is 62.8 Å². The van der Waals surface area contributed by atoms with E-state index in [1.807, 2.05) is 12.1 Å². The number of carbonyl (C=O) groups is 3. The third-order valence-corrected chi connectivity index (χ3v) is 7.88. The molecule has 268 valence electrons. The molecule has 2 saturated heterocycles. The van der Waals surface area contributed by atoms with Gasteiger partial charge in [0.2, 0.25) is 11.8 Å². The van der Waals surface area contributed by atoms with Crippen molar-refractivity contribution in [1.29, 1.82) is 0 Å². The van der Waals surface area contributed by atoms with Crippen LogP contribution in [0.15, 0.2) is 49.6 Å². The van der Waals surface area contributed by atoms with Crippen LogP contribution in [0, 0.1) is 0 Å². The van der Waals surface area contributed by atoms with Crippen molar-refractivity contribution in [3.63, 3.8) is 0 Å². The van der Waals surface area contributed by atoms with Crippen LogP contribution in [0.2, 0.25) is 0 Å². The molecule has 4 rings (SSSR count). The van der Waals surface area contributed by atoms with Gasteiger partial charge in [0.1, 0.15) is 17.1 Å². The number of rotatable bonds is 9. The number of ether oxygens (including phenoxy) is 3. The standard InChI is InChI=1S/C20H30N4O4.C15H22N4O2/c1-7-18(25)21-14-12-15(22-19(26)28-20(2,3)4)17(27-6)13-16(14)24-10-8-23(5)9-11-24;1-4-15(20)17-12-9-11(16)14(21-3)10-13(12)19-7-5-18(2)6-8-19/h7,12-13H,1,8-11H2,2-6H3,(H,21,25)(H,22,26);4,9-10H,1,5-8,16H2,2-3H3,(H,17,20). The van der Waals surface area contributed by atoms with Gasteiger partial charge < -0.3 is 50.2 Å². The summed E-state index contributed by atoms with van der Waals surface area (Å²) in [6, 6.07) is 7.10. The van der Waals surface area contributed by atoms with Crippen molar-refractivity contribution in [1.82, 2.24) is 9.80 Å². The van der Waals surface area contributed by atoms with Gasteiger partial charge in [-0.15, -0.1) is 0 Å². The Morgan fingerprint density at radius 3 is 1.53 bits per heavy atom. The summed E-state index contributed by atoms with van der Waals surface area (Å²) < 4.78 is 16.1. The topological polar surface area (TPSA) is 154 Å². The minimum Gasteiger partial charge on any atom is -0.495 e. The van der Waals surface area contributed by atoms with Crippen LogP contribution in [-0.2, 0) is 14.3 Å². The number of methoxy groups -OCH3 is 2. The first-order valence-corrected chi connectivity index (χ1v) is 16.1. The van der Waals surface area contributed by atoms with Crippen molar-refractivity contribution in [3.05, 3.63) is 49.6 Å². The van der Waals surface area contributed by atoms with E-state index in [0.717, 1.165) is 63.7 Å². The van der Waals surface area contributed by atoms with Gasteiger partial charge in [0.15, 0.2) is 0 Å². The van der Waals surface area contributed by atoms with Gasteiger partial charge in [-0.05, 0) is 59.2 Å².